The average molecular weight is 288 g/mol. The monoisotopic (exact) mass is 288 g/mol. The van der Waals surface area contributed by atoms with Crippen LogP contribution in [0.2, 0.25) is 0 Å². The molecule has 0 aliphatic rings. The van der Waals surface area contributed by atoms with E-state index in [1.807, 2.05) is 24.3 Å². The highest BCUT2D eigenvalue weighted by Gasteiger charge is 2.13. The van der Waals surface area contributed by atoms with Crippen LogP contribution >= 0.6 is 0 Å². The van der Waals surface area contributed by atoms with Crippen LogP contribution in [-0.2, 0) is 0 Å². The fourth-order valence-electron chi connectivity index (χ4n) is 2.33. The number of hydrogen-bond donors (Lipinski definition) is 2. The Kier molecular flexibility index (Phi) is 5.75. The maximum absolute atomic E-state index is 9.31. The van der Waals surface area contributed by atoms with Crippen molar-refractivity contribution >= 4 is 22.7 Å². The number of aliphatic hydroxyl groups excluding tert-OH is 1. The largest absolute Gasteiger partial charge is 0.395 e. The summed E-state index contributed by atoms with van der Waals surface area (Å²) in [6, 6.07) is 8.02. The second-order valence-electron chi connectivity index (χ2n) is 5.03. The zero-order chi connectivity index (χ0) is 15.1. The third-order valence-electron chi connectivity index (χ3n) is 3.28. The molecule has 0 saturated heterocycles. The molecule has 0 amide bonds. The van der Waals surface area contributed by atoms with Crippen molar-refractivity contribution in [1.82, 2.24) is 9.97 Å². The molecule has 0 radical (unpaired) electrons. The summed E-state index contributed by atoms with van der Waals surface area (Å²) in [4.78, 5) is 11.4. The molecule has 1 aromatic carbocycles. The molecule has 0 atom stereocenters. The van der Waals surface area contributed by atoms with E-state index in [9.17, 15) is 5.11 Å². The Bertz CT molecular complexity index is 567. The van der Waals surface area contributed by atoms with E-state index in [1.54, 1.807) is 0 Å². The summed E-state index contributed by atoms with van der Waals surface area (Å²) in [6.45, 7) is 6.67. The quantitative estimate of drug-likeness (QED) is 0.782. The first-order valence-electron chi connectivity index (χ1n) is 7.66. The van der Waals surface area contributed by atoms with Gasteiger partial charge in [0.25, 0.3) is 0 Å². The number of benzene rings is 1. The molecule has 5 heteroatoms. The van der Waals surface area contributed by atoms with Gasteiger partial charge in [-0.1, -0.05) is 26.0 Å². The topological polar surface area (TPSA) is 61.3 Å². The van der Waals surface area contributed by atoms with E-state index in [0.29, 0.717) is 12.5 Å². The molecule has 0 aliphatic carbocycles. The van der Waals surface area contributed by atoms with Crippen LogP contribution < -0.4 is 10.2 Å². The predicted octanol–water partition coefficient (Wildman–Crippen LogP) is 2.66. The van der Waals surface area contributed by atoms with E-state index in [-0.39, 0.29) is 6.61 Å². The molecule has 2 aromatic rings. The third-order valence-corrected chi connectivity index (χ3v) is 3.28. The molecule has 0 unspecified atom stereocenters. The number of hydrogen-bond acceptors (Lipinski definition) is 5. The van der Waals surface area contributed by atoms with Crippen LogP contribution in [0.4, 0.5) is 11.8 Å². The number of fused-ring (bicyclic) bond motifs is 1. The molecule has 0 saturated carbocycles. The van der Waals surface area contributed by atoms with Gasteiger partial charge in [0.2, 0.25) is 5.95 Å². The highest BCUT2D eigenvalue weighted by molar-refractivity contribution is 5.90. The molecule has 5 nitrogen and oxygen atoms in total. The number of anilines is 2. The van der Waals surface area contributed by atoms with Crippen molar-refractivity contribution in [3.8, 4) is 0 Å². The van der Waals surface area contributed by atoms with Crippen molar-refractivity contribution in [3.05, 3.63) is 24.3 Å². The lowest BCUT2D eigenvalue weighted by Gasteiger charge is -2.24. The molecule has 21 heavy (non-hydrogen) atoms. The molecule has 0 spiro atoms. The molecular formula is C16H24N4O. The van der Waals surface area contributed by atoms with Crippen LogP contribution in [0.25, 0.3) is 10.9 Å². The number of nitrogens with zero attached hydrogens (tertiary/aromatic N) is 3. The minimum atomic E-state index is 0.121. The minimum Gasteiger partial charge on any atom is -0.395 e. The smallest absolute Gasteiger partial charge is 0.225 e. The summed E-state index contributed by atoms with van der Waals surface area (Å²) in [7, 11) is 0. The Hall–Kier alpha value is -1.88. The van der Waals surface area contributed by atoms with Gasteiger partial charge in [-0.15, -0.1) is 0 Å². The van der Waals surface area contributed by atoms with Crippen LogP contribution in [0.5, 0.6) is 0 Å². The number of para-hydroxylation sites is 1. The van der Waals surface area contributed by atoms with Crippen molar-refractivity contribution in [2.24, 2.45) is 0 Å². The van der Waals surface area contributed by atoms with Gasteiger partial charge in [-0.25, -0.2) is 4.98 Å². The maximum Gasteiger partial charge on any atom is 0.225 e. The van der Waals surface area contributed by atoms with Crippen LogP contribution in [0.1, 0.15) is 26.7 Å². The van der Waals surface area contributed by atoms with Crippen molar-refractivity contribution in [1.29, 1.82) is 0 Å². The average Bonchev–Trinajstić information content (AvgIpc) is 2.52. The van der Waals surface area contributed by atoms with Gasteiger partial charge in [0.15, 0.2) is 0 Å². The summed E-state index contributed by atoms with van der Waals surface area (Å²) < 4.78 is 0. The lowest BCUT2D eigenvalue weighted by molar-refractivity contribution is 0.301. The molecule has 1 aromatic heterocycles. The second-order valence-corrected chi connectivity index (χ2v) is 5.03. The second kappa shape index (κ2) is 7.78. The Balaban J connectivity index is 2.46. The molecule has 2 N–H and O–H groups in total. The minimum absolute atomic E-state index is 0.121. The van der Waals surface area contributed by atoms with E-state index in [0.717, 1.165) is 42.7 Å². The summed E-state index contributed by atoms with van der Waals surface area (Å²) in [5, 5.41) is 13.6. The van der Waals surface area contributed by atoms with Crippen molar-refractivity contribution in [3.63, 3.8) is 0 Å². The molecule has 0 bridgehead atoms. The van der Waals surface area contributed by atoms with Crippen LogP contribution in [0, 0.1) is 0 Å². The molecule has 114 valence electrons. The first-order valence-corrected chi connectivity index (χ1v) is 7.66. The van der Waals surface area contributed by atoms with Crippen molar-refractivity contribution in [2.45, 2.75) is 26.7 Å². The van der Waals surface area contributed by atoms with Gasteiger partial charge in [0.1, 0.15) is 5.82 Å². The van der Waals surface area contributed by atoms with E-state index in [1.165, 1.54) is 0 Å². The van der Waals surface area contributed by atoms with Gasteiger partial charge >= 0.3 is 0 Å². The Morgan fingerprint density at radius 3 is 2.62 bits per heavy atom. The molecule has 0 aliphatic heterocycles. The molecule has 0 fully saturated rings. The first-order chi connectivity index (χ1) is 10.3. The van der Waals surface area contributed by atoms with E-state index < -0.39 is 0 Å². The van der Waals surface area contributed by atoms with Gasteiger partial charge in [0.05, 0.1) is 12.1 Å². The summed E-state index contributed by atoms with van der Waals surface area (Å²) >= 11 is 0. The zero-order valence-corrected chi connectivity index (χ0v) is 12.8. The highest BCUT2D eigenvalue weighted by atomic mass is 16.3. The van der Waals surface area contributed by atoms with E-state index in [4.69, 9.17) is 0 Å². The standard InChI is InChI=1S/C16H24N4O/c1-3-9-17-16-18-14-8-6-5-7-13(14)15(19-16)20(10-4-2)11-12-21/h5-8,21H,3-4,9-12H2,1-2H3,(H,17,18,19). The van der Waals surface area contributed by atoms with Gasteiger partial charge in [-0.05, 0) is 25.0 Å². The number of aliphatic hydroxyl groups is 1. The number of nitrogens with one attached hydrogen (secondary N) is 1. The molecule has 1 heterocycles. The fraction of sp³-hybridized carbons (Fsp3) is 0.500. The maximum atomic E-state index is 9.31. The predicted molar refractivity (Wildman–Crippen MR) is 87.9 cm³/mol. The van der Waals surface area contributed by atoms with Crippen molar-refractivity contribution < 1.29 is 5.11 Å². The first kappa shape index (κ1) is 15.5. The van der Waals surface area contributed by atoms with Crippen LogP contribution in [-0.4, -0.2) is 41.3 Å². The Morgan fingerprint density at radius 1 is 1.10 bits per heavy atom. The number of aromatic nitrogens is 2. The third kappa shape index (κ3) is 3.82. The summed E-state index contributed by atoms with van der Waals surface area (Å²) in [6.07, 6.45) is 2.04. The SMILES string of the molecule is CCCNc1nc(N(CCC)CCO)c2ccccc2n1. The van der Waals surface area contributed by atoms with Gasteiger partial charge in [-0.3, -0.25) is 0 Å². The number of rotatable bonds is 8. The van der Waals surface area contributed by atoms with Gasteiger partial charge in [-0.2, -0.15) is 4.98 Å². The van der Waals surface area contributed by atoms with Crippen LogP contribution in [0.15, 0.2) is 24.3 Å². The Labute approximate surface area is 126 Å². The fourth-order valence-corrected chi connectivity index (χ4v) is 2.33. The normalized spacial score (nSPS) is 10.8. The summed E-state index contributed by atoms with van der Waals surface area (Å²) in [5.41, 5.74) is 0.931. The van der Waals surface area contributed by atoms with Crippen molar-refractivity contribution in [2.75, 3.05) is 36.5 Å². The van der Waals surface area contributed by atoms with Gasteiger partial charge < -0.3 is 15.3 Å². The summed E-state index contributed by atoms with van der Waals surface area (Å²) in [5.74, 6) is 1.56. The lowest BCUT2D eigenvalue weighted by atomic mass is 10.2. The van der Waals surface area contributed by atoms with Crippen LogP contribution in [0.3, 0.4) is 0 Å². The van der Waals surface area contributed by atoms with E-state index in [2.05, 4.69) is 34.0 Å². The lowest BCUT2D eigenvalue weighted by Crippen LogP contribution is -2.29. The zero-order valence-electron chi connectivity index (χ0n) is 12.8. The molecular weight excluding hydrogens is 264 g/mol. The Morgan fingerprint density at radius 2 is 1.90 bits per heavy atom. The van der Waals surface area contributed by atoms with E-state index >= 15 is 0 Å². The van der Waals surface area contributed by atoms with Gasteiger partial charge in [0, 0.05) is 25.0 Å². The molecule has 2 rings (SSSR count). The highest BCUT2D eigenvalue weighted by Crippen LogP contribution is 2.25.